The smallest absolute Gasteiger partial charge is 0.415 e. The fourth-order valence-electron chi connectivity index (χ4n) is 5.71. The standard InChI is InChI=1S/C36H30FN3O5/c37-27-15-13-24(14-16-27)22-40-23-29-30(35(40)41)34(44-32(25-8-3-1-4-9-25)26-10-5-2-6-11-26)31-28(12-7-17-38-31)33(29)45-36(42)39-18-20-43-21-19-39/h1-17,23,32,41H,18-22H2. The van der Waals surface area contributed by atoms with Crippen LogP contribution < -0.4 is 9.47 Å². The molecule has 0 aliphatic carbocycles. The highest BCUT2D eigenvalue weighted by atomic mass is 19.1. The highest BCUT2D eigenvalue weighted by Gasteiger charge is 2.29. The zero-order valence-corrected chi connectivity index (χ0v) is 24.3. The average Bonchev–Trinajstić information content (AvgIpc) is 3.41. The molecule has 1 fully saturated rings. The maximum absolute atomic E-state index is 13.7. The van der Waals surface area contributed by atoms with Crippen molar-refractivity contribution in [3.05, 3.63) is 132 Å². The number of benzene rings is 4. The van der Waals surface area contributed by atoms with E-state index >= 15 is 0 Å². The number of morpholine rings is 1. The number of amides is 1. The molecule has 1 amide bonds. The van der Waals surface area contributed by atoms with Crippen molar-refractivity contribution in [2.45, 2.75) is 12.6 Å². The molecule has 0 saturated carbocycles. The molecule has 0 spiro atoms. The first-order chi connectivity index (χ1) is 22.1. The van der Waals surface area contributed by atoms with E-state index < -0.39 is 12.2 Å². The Morgan fingerprint density at radius 3 is 2.20 bits per heavy atom. The van der Waals surface area contributed by atoms with Gasteiger partial charge >= 0.3 is 6.09 Å². The van der Waals surface area contributed by atoms with Gasteiger partial charge in [0.05, 0.1) is 30.5 Å². The fraction of sp³-hybridized carbons (Fsp3) is 0.167. The van der Waals surface area contributed by atoms with Crippen LogP contribution >= 0.6 is 0 Å². The number of hydrogen-bond acceptors (Lipinski definition) is 6. The number of aromatic nitrogens is 2. The van der Waals surface area contributed by atoms with Crippen molar-refractivity contribution < 1.29 is 28.5 Å². The lowest BCUT2D eigenvalue weighted by Gasteiger charge is -2.26. The maximum Gasteiger partial charge on any atom is 0.415 e. The highest BCUT2D eigenvalue weighted by Crippen LogP contribution is 2.48. The van der Waals surface area contributed by atoms with Gasteiger partial charge in [-0.25, -0.2) is 9.18 Å². The molecule has 7 rings (SSSR count). The minimum Gasteiger partial charge on any atom is -0.494 e. The van der Waals surface area contributed by atoms with Crippen molar-refractivity contribution in [3.8, 4) is 17.4 Å². The second-order valence-electron chi connectivity index (χ2n) is 10.8. The minimum absolute atomic E-state index is 0.0968. The first-order valence-corrected chi connectivity index (χ1v) is 14.7. The van der Waals surface area contributed by atoms with E-state index in [1.807, 2.05) is 66.7 Å². The van der Waals surface area contributed by atoms with Gasteiger partial charge in [-0.2, -0.15) is 0 Å². The summed E-state index contributed by atoms with van der Waals surface area (Å²) in [5.74, 6) is 0.167. The lowest BCUT2D eigenvalue weighted by atomic mass is 10.0. The molecular weight excluding hydrogens is 573 g/mol. The van der Waals surface area contributed by atoms with E-state index in [0.717, 1.165) is 16.7 Å². The number of carbonyl (C=O) groups is 1. The fourth-order valence-corrected chi connectivity index (χ4v) is 5.71. The molecule has 45 heavy (non-hydrogen) atoms. The van der Waals surface area contributed by atoms with E-state index in [0.29, 0.717) is 53.7 Å². The molecule has 1 saturated heterocycles. The Kier molecular flexibility index (Phi) is 7.75. The van der Waals surface area contributed by atoms with Crippen molar-refractivity contribution in [3.63, 3.8) is 0 Å². The Morgan fingerprint density at radius 2 is 1.53 bits per heavy atom. The molecule has 9 heteroatoms. The summed E-state index contributed by atoms with van der Waals surface area (Å²) in [6.07, 6.45) is 2.31. The molecule has 3 heterocycles. The number of ether oxygens (including phenoxy) is 3. The molecule has 4 aromatic carbocycles. The summed E-state index contributed by atoms with van der Waals surface area (Å²) in [4.78, 5) is 19.7. The van der Waals surface area contributed by atoms with Gasteiger partial charge in [-0.1, -0.05) is 72.8 Å². The molecular formula is C36H30FN3O5. The summed E-state index contributed by atoms with van der Waals surface area (Å²) in [5, 5.41) is 13.2. The topological polar surface area (TPSA) is 86.1 Å². The summed E-state index contributed by atoms with van der Waals surface area (Å²) in [6.45, 7) is 1.91. The van der Waals surface area contributed by atoms with Gasteiger partial charge in [0.25, 0.3) is 0 Å². The van der Waals surface area contributed by atoms with E-state index in [4.69, 9.17) is 14.2 Å². The minimum atomic E-state index is -0.539. The van der Waals surface area contributed by atoms with Crippen LogP contribution in [0.25, 0.3) is 21.7 Å². The van der Waals surface area contributed by atoms with Crippen molar-refractivity contribution in [2.75, 3.05) is 26.3 Å². The number of rotatable bonds is 7. The number of carbonyl (C=O) groups excluding carboxylic acids is 1. The van der Waals surface area contributed by atoms with Gasteiger partial charge in [0.15, 0.2) is 11.5 Å². The average molecular weight is 604 g/mol. The maximum atomic E-state index is 13.7. The zero-order valence-electron chi connectivity index (χ0n) is 24.3. The van der Waals surface area contributed by atoms with Crippen LogP contribution in [0.1, 0.15) is 22.8 Å². The Balaban J connectivity index is 1.43. The van der Waals surface area contributed by atoms with Crippen LogP contribution in [-0.4, -0.2) is 52.0 Å². The predicted octanol–water partition coefficient (Wildman–Crippen LogP) is 7.08. The van der Waals surface area contributed by atoms with E-state index in [1.165, 1.54) is 12.1 Å². The van der Waals surface area contributed by atoms with Crippen molar-refractivity contribution in [1.29, 1.82) is 0 Å². The first kappa shape index (κ1) is 28.4. The van der Waals surface area contributed by atoms with E-state index in [9.17, 15) is 14.3 Å². The quantitative estimate of drug-likeness (QED) is 0.210. The van der Waals surface area contributed by atoms with E-state index in [1.54, 1.807) is 40.1 Å². The first-order valence-electron chi connectivity index (χ1n) is 14.7. The second kappa shape index (κ2) is 12.3. The molecule has 2 aromatic heterocycles. The number of fused-ring (bicyclic) bond motifs is 2. The van der Waals surface area contributed by atoms with E-state index in [-0.39, 0.29) is 24.0 Å². The summed E-state index contributed by atoms with van der Waals surface area (Å²) in [5.41, 5.74) is 3.03. The third-order valence-electron chi connectivity index (χ3n) is 7.95. The largest absolute Gasteiger partial charge is 0.494 e. The third kappa shape index (κ3) is 5.65. The Labute approximate surface area is 258 Å². The summed E-state index contributed by atoms with van der Waals surface area (Å²) in [6, 6.07) is 29.3. The number of pyridine rings is 1. The molecule has 0 bridgehead atoms. The molecule has 226 valence electrons. The van der Waals surface area contributed by atoms with Crippen LogP contribution in [0.15, 0.2) is 109 Å². The number of halogens is 1. The van der Waals surface area contributed by atoms with Gasteiger partial charge in [-0.05, 0) is 41.0 Å². The van der Waals surface area contributed by atoms with Crippen LogP contribution in [-0.2, 0) is 11.3 Å². The highest BCUT2D eigenvalue weighted by molar-refractivity contribution is 6.12. The van der Waals surface area contributed by atoms with Crippen LogP contribution in [0.3, 0.4) is 0 Å². The molecule has 1 aliphatic rings. The Bertz CT molecular complexity index is 1920. The molecule has 0 atom stereocenters. The molecule has 6 aromatic rings. The molecule has 1 aliphatic heterocycles. The van der Waals surface area contributed by atoms with Crippen molar-refractivity contribution >= 4 is 27.8 Å². The number of nitrogens with zero attached hydrogens (tertiary/aromatic N) is 3. The van der Waals surface area contributed by atoms with Gasteiger partial charge in [-0.15, -0.1) is 0 Å². The monoisotopic (exact) mass is 603 g/mol. The summed E-state index contributed by atoms with van der Waals surface area (Å²) in [7, 11) is 0. The van der Waals surface area contributed by atoms with Crippen LogP contribution in [0.2, 0.25) is 0 Å². The summed E-state index contributed by atoms with van der Waals surface area (Å²) >= 11 is 0. The zero-order chi connectivity index (χ0) is 30.8. The number of hydrogen-bond donors (Lipinski definition) is 1. The van der Waals surface area contributed by atoms with Gasteiger partial charge in [0.2, 0.25) is 5.88 Å². The van der Waals surface area contributed by atoms with Gasteiger partial charge in [0, 0.05) is 30.9 Å². The molecule has 1 N–H and O–H groups in total. The predicted molar refractivity (Wildman–Crippen MR) is 168 cm³/mol. The molecule has 8 nitrogen and oxygen atoms in total. The molecule has 0 radical (unpaired) electrons. The van der Waals surface area contributed by atoms with Crippen molar-refractivity contribution in [1.82, 2.24) is 14.5 Å². The van der Waals surface area contributed by atoms with Crippen LogP contribution in [0.5, 0.6) is 17.4 Å². The Morgan fingerprint density at radius 1 is 0.867 bits per heavy atom. The molecule has 0 unspecified atom stereocenters. The van der Waals surface area contributed by atoms with Crippen molar-refractivity contribution in [2.24, 2.45) is 0 Å². The van der Waals surface area contributed by atoms with E-state index in [2.05, 4.69) is 4.98 Å². The third-order valence-corrected chi connectivity index (χ3v) is 7.95. The summed E-state index contributed by atoms with van der Waals surface area (Å²) < 4.78 is 33.7. The van der Waals surface area contributed by atoms with Crippen LogP contribution in [0.4, 0.5) is 9.18 Å². The van der Waals surface area contributed by atoms with Gasteiger partial charge < -0.3 is 28.8 Å². The van der Waals surface area contributed by atoms with Gasteiger partial charge in [0.1, 0.15) is 17.4 Å². The SMILES string of the molecule is O=C(Oc1c2cccnc2c(OC(c2ccccc2)c2ccccc2)c2c(O)n(Cc3ccc(F)cc3)cc12)N1CCOCC1. The normalized spacial score (nSPS) is 13.4. The van der Waals surface area contributed by atoms with Gasteiger partial charge in [-0.3, -0.25) is 4.98 Å². The number of aromatic hydroxyl groups is 1. The lowest BCUT2D eigenvalue weighted by molar-refractivity contribution is 0.0418. The Hall–Kier alpha value is -5.41. The second-order valence-corrected chi connectivity index (χ2v) is 10.8. The van der Waals surface area contributed by atoms with Crippen LogP contribution in [0, 0.1) is 5.82 Å². The lowest BCUT2D eigenvalue weighted by Crippen LogP contribution is -2.42.